The van der Waals surface area contributed by atoms with E-state index in [1.807, 2.05) is 0 Å². The van der Waals surface area contributed by atoms with E-state index < -0.39 is 0 Å². The summed E-state index contributed by atoms with van der Waals surface area (Å²) in [4.78, 5) is 15.5. The SMILES string of the molecule is CC(C)N1CCCC(NCCNC(=O)N(C)C)CC1. The lowest BCUT2D eigenvalue weighted by atomic mass is 10.1. The van der Waals surface area contributed by atoms with Crippen LogP contribution in [0.4, 0.5) is 4.79 Å². The molecule has 2 amide bonds. The smallest absolute Gasteiger partial charge is 0.316 e. The van der Waals surface area contributed by atoms with Crippen LogP contribution >= 0.6 is 0 Å². The van der Waals surface area contributed by atoms with Gasteiger partial charge in [0.1, 0.15) is 0 Å². The molecule has 1 fully saturated rings. The summed E-state index contributed by atoms with van der Waals surface area (Å²) in [6.45, 7) is 8.48. The van der Waals surface area contributed by atoms with Gasteiger partial charge in [0, 0.05) is 39.3 Å². The second kappa shape index (κ2) is 8.38. The molecule has 1 unspecified atom stereocenters. The number of hydrogen-bond donors (Lipinski definition) is 2. The van der Waals surface area contributed by atoms with Crippen LogP contribution in [-0.4, -0.2) is 68.2 Å². The van der Waals surface area contributed by atoms with Crippen molar-refractivity contribution in [2.75, 3.05) is 40.3 Å². The van der Waals surface area contributed by atoms with Gasteiger partial charge in [-0.15, -0.1) is 0 Å². The zero-order valence-electron chi connectivity index (χ0n) is 12.9. The van der Waals surface area contributed by atoms with Gasteiger partial charge in [0.15, 0.2) is 0 Å². The summed E-state index contributed by atoms with van der Waals surface area (Å²) in [6.07, 6.45) is 3.71. The van der Waals surface area contributed by atoms with Crippen molar-refractivity contribution < 1.29 is 4.79 Å². The molecule has 0 saturated carbocycles. The van der Waals surface area contributed by atoms with Gasteiger partial charge in [-0.1, -0.05) is 0 Å². The molecule has 1 aliphatic heterocycles. The van der Waals surface area contributed by atoms with Gasteiger partial charge in [-0.2, -0.15) is 0 Å². The second-order valence-electron chi connectivity index (χ2n) is 5.84. The fourth-order valence-corrected chi connectivity index (χ4v) is 2.44. The van der Waals surface area contributed by atoms with Crippen molar-refractivity contribution in [3.05, 3.63) is 0 Å². The van der Waals surface area contributed by atoms with E-state index >= 15 is 0 Å². The predicted molar refractivity (Wildman–Crippen MR) is 79.4 cm³/mol. The fourth-order valence-electron chi connectivity index (χ4n) is 2.44. The minimum Gasteiger partial charge on any atom is -0.337 e. The summed E-state index contributed by atoms with van der Waals surface area (Å²) in [5.41, 5.74) is 0. The van der Waals surface area contributed by atoms with Gasteiger partial charge in [0.25, 0.3) is 0 Å². The molecule has 0 aromatic rings. The molecular weight excluding hydrogens is 240 g/mol. The molecule has 5 heteroatoms. The number of amides is 2. The van der Waals surface area contributed by atoms with E-state index in [0.29, 0.717) is 18.6 Å². The number of likely N-dealkylation sites (tertiary alicyclic amines) is 1. The molecule has 1 atom stereocenters. The van der Waals surface area contributed by atoms with Gasteiger partial charge >= 0.3 is 6.03 Å². The van der Waals surface area contributed by atoms with Crippen LogP contribution in [0.1, 0.15) is 33.1 Å². The van der Waals surface area contributed by atoms with Crippen LogP contribution in [0.5, 0.6) is 0 Å². The molecule has 1 heterocycles. The standard InChI is InChI=1S/C14H30N4O/c1-12(2)18-10-5-6-13(7-11-18)15-8-9-16-14(19)17(3)4/h12-13,15H,5-11H2,1-4H3,(H,16,19). The fraction of sp³-hybridized carbons (Fsp3) is 0.929. The highest BCUT2D eigenvalue weighted by molar-refractivity contribution is 5.73. The highest BCUT2D eigenvalue weighted by Gasteiger charge is 2.17. The monoisotopic (exact) mass is 270 g/mol. The van der Waals surface area contributed by atoms with E-state index in [1.165, 1.54) is 32.4 Å². The summed E-state index contributed by atoms with van der Waals surface area (Å²) < 4.78 is 0. The van der Waals surface area contributed by atoms with E-state index in [2.05, 4.69) is 29.4 Å². The van der Waals surface area contributed by atoms with E-state index in [1.54, 1.807) is 19.0 Å². The molecule has 0 aromatic heterocycles. The van der Waals surface area contributed by atoms with Gasteiger partial charge < -0.3 is 20.4 Å². The van der Waals surface area contributed by atoms with Gasteiger partial charge in [0.2, 0.25) is 0 Å². The number of carbonyl (C=O) groups excluding carboxylic acids is 1. The quantitative estimate of drug-likeness (QED) is 0.736. The second-order valence-corrected chi connectivity index (χ2v) is 5.84. The van der Waals surface area contributed by atoms with E-state index in [9.17, 15) is 4.79 Å². The summed E-state index contributed by atoms with van der Waals surface area (Å²) in [5.74, 6) is 0. The van der Waals surface area contributed by atoms with E-state index in [-0.39, 0.29) is 6.03 Å². The minimum atomic E-state index is -0.0198. The number of hydrogen-bond acceptors (Lipinski definition) is 3. The number of urea groups is 1. The Morgan fingerprint density at radius 3 is 2.63 bits per heavy atom. The lowest BCUT2D eigenvalue weighted by Gasteiger charge is -2.24. The molecule has 0 spiro atoms. The topological polar surface area (TPSA) is 47.6 Å². The molecule has 0 aromatic carbocycles. The molecule has 1 aliphatic rings. The Morgan fingerprint density at radius 1 is 1.26 bits per heavy atom. The molecule has 112 valence electrons. The Hall–Kier alpha value is -0.810. The van der Waals surface area contributed by atoms with Crippen molar-refractivity contribution in [3.63, 3.8) is 0 Å². The van der Waals surface area contributed by atoms with Crippen LogP contribution in [0.3, 0.4) is 0 Å². The highest BCUT2D eigenvalue weighted by Crippen LogP contribution is 2.12. The first-order valence-corrected chi connectivity index (χ1v) is 7.43. The molecule has 1 saturated heterocycles. The first-order chi connectivity index (χ1) is 9.00. The highest BCUT2D eigenvalue weighted by atomic mass is 16.2. The van der Waals surface area contributed by atoms with Crippen LogP contribution in [0.15, 0.2) is 0 Å². The summed E-state index contributed by atoms with van der Waals surface area (Å²) >= 11 is 0. The maximum Gasteiger partial charge on any atom is 0.316 e. The first-order valence-electron chi connectivity index (χ1n) is 7.43. The largest absolute Gasteiger partial charge is 0.337 e. The normalized spacial score (nSPS) is 21.2. The Balaban J connectivity index is 2.15. The van der Waals surface area contributed by atoms with Gasteiger partial charge in [0.05, 0.1) is 0 Å². The molecule has 2 N–H and O–H groups in total. The van der Waals surface area contributed by atoms with Crippen molar-refractivity contribution in [3.8, 4) is 0 Å². The van der Waals surface area contributed by atoms with Gasteiger partial charge in [-0.3, -0.25) is 0 Å². The average Bonchev–Trinajstić information content (AvgIpc) is 2.59. The summed E-state index contributed by atoms with van der Waals surface area (Å²) in [7, 11) is 3.52. The molecule has 5 nitrogen and oxygen atoms in total. The maximum atomic E-state index is 11.3. The molecule has 1 rings (SSSR count). The third-order valence-electron chi connectivity index (χ3n) is 3.73. The van der Waals surface area contributed by atoms with Crippen LogP contribution in [0.25, 0.3) is 0 Å². The van der Waals surface area contributed by atoms with E-state index in [4.69, 9.17) is 0 Å². The summed E-state index contributed by atoms with van der Waals surface area (Å²) in [5, 5.41) is 6.43. The number of nitrogens with one attached hydrogen (secondary N) is 2. The number of carbonyl (C=O) groups is 1. The minimum absolute atomic E-state index is 0.0198. The first kappa shape index (κ1) is 16.2. The van der Waals surface area contributed by atoms with Gasteiger partial charge in [-0.25, -0.2) is 4.79 Å². The zero-order valence-corrected chi connectivity index (χ0v) is 12.9. The number of rotatable bonds is 5. The lowest BCUT2D eigenvalue weighted by Crippen LogP contribution is -2.41. The summed E-state index contributed by atoms with van der Waals surface area (Å²) in [6, 6.07) is 1.23. The van der Waals surface area contributed by atoms with Crippen molar-refractivity contribution in [2.45, 2.75) is 45.2 Å². The maximum absolute atomic E-state index is 11.3. The Kier molecular flexibility index (Phi) is 7.16. The Labute approximate surface area is 117 Å². The van der Waals surface area contributed by atoms with Crippen LogP contribution in [0.2, 0.25) is 0 Å². The van der Waals surface area contributed by atoms with Crippen molar-refractivity contribution in [1.82, 2.24) is 20.4 Å². The molecule has 0 radical (unpaired) electrons. The third kappa shape index (κ3) is 6.25. The third-order valence-corrected chi connectivity index (χ3v) is 3.73. The van der Waals surface area contributed by atoms with Crippen molar-refractivity contribution in [2.24, 2.45) is 0 Å². The Bertz CT molecular complexity index is 268. The van der Waals surface area contributed by atoms with Gasteiger partial charge in [-0.05, 0) is 46.2 Å². The molecule has 0 bridgehead atoms. The van der Waals surface area contributed by atoms with Crippen LogP contribution in [0, 0.1) is 0 Å². The van der Waals surface area contributed by atoms with E-state index in [0.717, 1.165) is 6.54 Å². The predicted octanol–water partition coefficient (Wildman–Crippen LogP) is 1.11. The zero-order chi connectivity index (χ0) is 14.3. The average molecular weight is 270 g/mol. The molecule has 19 heavy (non-hydrogen) atoms. The Morgan fingerprint density at radius 2 is 2.00 bits per heavy atom. The van der Waals surface area contributed by atoms with Crippen LogP contribution in [-0.2, 0) is 0 Å². The van der Waals surface area contributed by atoms with Crippen molar-refractivity contribution in [1.29, 1.82) is 0 Å². The lowest BCUT2D eigenvalue weighted by molar-refractivity contribution is 0.217. The number of nitrogens with zero attached hydrogens (tertiary/aromatic N) is 2. The molecular formula is C14H30N4O. The van der Waals surface area contributed by atoms with Crippen LogP contribution < -0.4 is 10.6 Å². The van der Waals surface area contributed by atoms with Crippen molar-refractivity contribution >= 4 is 6.03 Å². The molecule has 0 aliphatic carbocycles.